The lowest BCUT2D eigenvalue weighted by atomic mass is 10.1. The van der Waals surface area contributed by atoms with E-state index >= 15 is 0 Å². The monoisotopic (exact) mass is 300 g/mol. The van der Waals surface area contributed by atoms with E-state index in [4.69, 9.17) is 0 Å². The summed E-state index contributed by atoms with van der Waals surface area (Å²) < 4.78 is 13.8. The summed E-state index contributed by atoms with van der Waals surface area (Å²) in [5.41, 5.74) is 1.74. The first-order chi connectivity index (χ1) is 8.06. The molecule has 1 aliphatic rings. The van der Waals surface area contributed by atoms with Crippen LogP contribution in [0, 0.1) is 12.7 Å². The van der Waals surface area contributed by atoms with Crippen molar-refractivity contribution >= 4 is 27.5 Å². The summed E-state index contributed by atoms with van der Waals surface area (Å²) in [4.78, 5) is 11.0. The van der Waals surface area contributed by atoms with E-state index in [0.29, 0.717) is 17.4 Å². The Kier molecular flexibility index (Phi) is 3.66. The number of nitrogens with one attached hydrogen (secondary N) is 2. The van der Waals surface area contributed by atoms with Crippen LogP contribution < -0.4 is 10.6 Å². The van der Waals surface area contributed by atoms with E-state index in [2.05, 4.69) is 26.6 Å². The van der Waals surface area contributed by atoms with Crippen LogP contribution in [0.5, 0.6) is 0 Å². The Hall–Kier alpha value is -1.10. The quantitative estimate of drug-likeness (QED) is 0.901. The summed E-state index contributed by atoms with van der Waals surface area (Å²) in [6, 6.07) is 3.36. The van der Waals surface area contributed by atoms with Crippen LogP contribution in [-0.4, -0.2) is 18.5 Å². The lowest BCUT2D eigenvalue weighted by molar-refractivity contribution is -0.119. The van der Waals surface area contributed by atoms with E-state index in [0.717, 1.165) is 17.7 Å². The Morgan fingerprint density at radius 2 is 2.35 bits per heavy atom. The molecule has 0 spiro atoms. The number of halogens is 2. The number of hydrogen-bond donors (Lipinski definition) is 2. The zero-order valence-electron chi connectivity index (χ0n) is 9.52. The predicted molar refractivity (Wildman–Crippen MR) is 68.5 cm³/mol. The average Bonchev–Trinajstić information content (AvgIpc) is 2.68. The van der Waals surface area contributed by atoms with Gasteiger partial charge in [-0.05, 0) is 47.0 Å². The second-order valence-corrected chi connectivity index (χ2v) is 5.12. The van der Waals surface area contributed by atoms with Gasteiger partial charge in [-0.25, -0.2) is 4.39 Å². The molecule has 0 bridgehead atoms. The maximum Gasteiger partial charge on any atom is 0.220 e. The standard InChI is InChI=1S/C12H14BrFN2O/c1-7-4-9(13)10(14)5-11(7)15-6-8-2-3-12(17)16-8/h4-5,8,15H,2-3,6H2,1H3,(H,16,17). The third-order valence-corrected chi connectivity index (χ3v) is 3.50. The summed E-state index contributed by atoms with van der Waals surface area (Å²) in [6.07, 6.45) is 1.42. The highest BCUT2D eigenvalue weighted by Gasteiger charge is 2.20. The summed E-state index contributed by atoms with van der Waals surface area (Å²) >= 11 is 3.15. The van der Waals surface area contributed by atoms with Crippen LogP contribution in [0.25, 0.3) is 0 Å². The lowest BCUT2D eigenvalue weighted by Crippen LogP contribution is -2.31. The number of aryl methyl sites for hydroxylation is 1. The molecule has 5 heteroatoms. The fourth-order valence-corrected chi connectivity index (χ4v) is 2.36. The minimum Gasteiger partial charge on any atom is -0.383 e. The van der Waals surface area contributed by atoms with Gasteiger partial charge in [0.05, 0.1) is 4.47 Å². The van der Waals surface area contributed by atoms with Crippen LogP contribution in [-0.2, 0) is 4.79 Å². The average molecular weight is 301 g/mol. The third kappa shape index (κ3) is 2.97. The summed E-state index contributed by atoms with van der Waals surface area (Å²) in [5.74, 6) is -0.191. The van der Waals surface area contributed by atoms with Crippen LogP contribution in [0.3, 0.4) is 0 Å². The van der Waals surface area contributed by atoms with Crippen molar-refractivity contribution in [3.8, 4) is 0 Å². The van der Waals surface area contributed by atoms with Gasteiger partial charge in [0.2, 0.25) is 5.91 Å². The Labute approximate surface area is 108 Å². The molecule has 17 heavy (non-hydrogen) atoms. The van der Waals surface area contributed by atoms with E-state index in [1.54, 1.807) is 6.07 Å². The Morgan fingerprint density at radius 3 is 3.00 bits per heavy atom. The highest BCUT2D eigenvalue weighted by molar-refractivity contribution is 9.10. The van der Waals surface area contributed by atoms with Gasteiger partial charge in [-0.15, -0.1) is 0 Å². The van der Waals surface area contributed by atoms with Crippen molar-refractivity contribution in [1.82, 2.24) is 5.32 Å². The molecule has 0 aliphatic carbocycles. The van der Waals surface area contributed by atoms with Gasteiger partial charge in [0.15, 0.2) is 0 Å². The number of hydrogen-bond acceptors (Lipinski definition) is 2. The molecule has 1 fully saturated rings. The van der Waals surface area contributed by atoms with Crippen molar-refractivity contribution in [1.29, 1.82) is 0 Å². The van der Waals surface area contributed by atoms with Crippen molar-refractivity contribution in [3.05, 3.63) is 28.0 Å². The molecule has 0 radical (unpaired) electrons. The number of amides is 1. The minimum atomic E-state index is -0.284. The van der Waals surface area contributed by atoms with Gasteiger partial charge in [-0.3, -0.25) is 4.79 Å². The zero-order chi connectivity index (χ0) is 12.4. The molecular weight excluding hydrogens is 287 g/mol. The first kappa shape index (κ1) is 12.4. The van der Waals surface area contributed by atoms with Crippen LogP contribution in [0.2, 0.25) is 0 Å². The highest BCUT2D eigenvalue weighted by Crippen LogP contribution is 2.24. The normalized spacial score (nSPS) is 19.2. The van der Waals surface area contributed by atoms with E-state index in [-0.39, 0.29) is 17.8 Å². The van der Waals surface area contributed by atoms with E-state index in [1.165, 1.54) is 6.07 Å². The Balaban J connectivity index is 1.99. The van der Waals surface area contributed by atoms with Crippen LogP contribution in [0.15, 0.2) is 16.6 Å². The molecule has 1 amide bonds. The third-order valence-electron chi connectivity index (χ3n) is 2.89. The molecule has 1 saturated heterocycles. The van der Waals surface area contributed by atoms with Crippen molar-refractivity contribution in [2.45, 2.75) is 25.8 Å². The first-order valence-electron chi connectivity index (χ1n) is 5.55. The zero-order valence-corrected chi connectivity index (χ0v) is 11.1. The van der Waals surface area contributed by atoms with Crippen molar-refractivity contribution in [3.63, 3.8) is 0 Å². The van der Waals surface area contributed by atoms with Gasteiger partial charge < -0.3 is 10.6 Å². The van der Waals surface area contributed by atoms with Crippen molar-refractivity contribution in [2.24, 2.45) is 0 Å². The molecule has 3 nitrogen and oxygen atoms in total. The van der Waals surface area contributed by atoms with E-state index in [9.17, 15) is 9.18 Å². The van der Waals surface area contributed by atoms with E-state index in [1.807, 2.05) is 6.92 Å². The molecule has 1 unspecified atom stereocenters. The topological polar surface area (TPSA) is 41.1 Å². The molecule has 0 aromatic heterocycles. The maximum atomic E-state index is 13.4. The summed E-state index contributed by atoms with van der Waals surface area (Å²) in [7, 11) is 0. The molecule has 1 aromatic rings. The summed E-state index contributed by atoms with van der Waals surface area (Å²) in [6.45, 7) is 2.55. The molecule has 1 aliphatic heterocycles. The lowest BCUT2D eigenvalue weighted by Gasteiger charge is -2.14. The Morgan fingerprint density at radius 1 is 1.59 bits per heavy atom. The molecule has 1 heterocycles. The molecule has 0 saturated carbocycles. The Bertz CT molecular complexity index is 450. The molecule has 2 N–H and O–H groups in total. The molecule has 2 rings (SSSR count). The number of anilines is 1. The molecule has 1 aromatic carbocycles. The van der Waals surface area contributed by atoms with Gasteiger partial charge in [-0.2, -0.15) is 0 Å². The van der Waals surface area contributed by atoms with Crippen molar-refractivity contribution in [2.75, 3.05) is 11.9 Å². The first-order valence-corrected chi connectivity index (χ1v) is 6.34. The smallest absolute Gasteiger partial charge is 0.220 e. The molecular formula is C12H14BrFN2O. The predicted octanol–water partition coefficient (Wildman–Crippen LogP) is 2.59. The fraction of sp³-hybridized carbons (Fsp3) is 0.417. The number of carbonyl (C=O) groups excluding carboxylic acids is 1. The van der Waals surface area contributed by atoms with Crippen LogP contribution >= 0.6 is 15.9 Å². The van der Waals surface area contributed by atoms with Gasteiger partial charge in [0.25, 0.3) is 0 Å². The summed E-state index contributed by atoms with van der Waals surface area (Å²) in [5, 5.41) is 6.03. The molecule has 1 atom stereocenters. The van der Waals surface area contributed by atoms with Crippen LogP contribution in [0.4, 0.5) is 10.1 Å². The second kappa shape index (κ2) is 5.04. The number of benzene rings is 1. The van der Waals surface area contributed by atoms with Gasteiger partial charge in [0, 0.05) is 24.7 Å². The van der Waals surface area contributed by atoms with Crippen molar-refractivity contribution < 1.29 is 9.18 Å². The van der Waals surface area contributed by atoms with Gasteiger partial charge in [0.1, 0.15) is 5.82 Å². The van der Waals surface area contributed by atoms with E-state index < -0.39 is 0 Å². The molecule has 92 valence electrons. The largest absolute Gasteiger partial charge is 0.383 e. The van der Waals surface area contributed by atoms with Crippen LogP contribution in [0.1, 0.15) is 18.4 Å². The van der Waals surface area contributed by atoms with Gasteiger partial charge >= 0.3 is 0 Å². The highest BCUT2D eigenvalue weighted by atomic mass is 79.9. The number of carbonyl (C=O) groups is 1. The van der Waals surface area contributed by atoms with Gasteiger partial charge in [-0.1, -0.05) is 0 Å². The fourth-order valence-electron chi connectivity index (χ4n) is 1.90. The SMILES string of the molecule is Cc1cc(Br)c(F)cc1NCC1CCC(=O)N1. The number of rotatable bonds is 3. The second-order valence-electron chi connectivity index (χ2n) is 4.27. The maximum absolute atomic E-state index is 13.4. The minimum absolute atomic E-state index is 0.0931.